The number of hydrogen-bond acceptors (Lipinski definition) is 3. The minimum Gasteiger partial charge on any atom is -0.481 e. The number of hydrogen-bond donors (Lipinski definition) is 2. The summed E-state index contributed by atoms with van der Waals surface area (Å²) >= 11 is 0. The molecule has 1 aliphatic rings. The average Bonchev–Trinajstić information content (AvgIpc) is 3.09. The molecule has 2 rings (SSSR count). The second-order valence-corrected chi connectivity index (χ2v) is 4.28. The second-order valence-electron chi connectivity index (χ2n) is 4.28. The van der Waals surface area contributed by atoms with Gasteiger partial charge < -0.3 is 10.4 Å². The van der Waals surface area contributed by atoms with E-state index < -0.39 is 5.97 Å². The normalized spacial score (nSPS) is 17.0. The molecule has 0 amide bonds. The Morgan fingerprint density at radius 3 is 3.00 bits per heavy atom. The highest BCUT2D eigenvalue weighted by molar-refractivity contribution is 5.67. The van der Waals surface area contributed by atoms with Gasteiger partial charge in [-0.2, -0.15) is 0 Å². The van der Waals surface area contributed by atoms with Gasteiger partial charge in [0, 0.05) is 25.0 Å². The first-order chi connectivity index (χ1) is 7.75. The first kappa shape index (κ1) is 11.1. The van der Waals surface area contributed by atoms with Gasteiger partial charge in [0.1, 0.15) is 0 Å². The zero-order chi connectivity index (χ0) is 11.4. The molecule has 1 heterocycles. The number of aliphatic carboxylic acids is 1. The van der Waals surface area contributed by atoms with Gasteiger partial charge in [-0.25, -0.2) is 0 Å². The van der Waals surface area contributed by atoms with Crippen LogP contribution in [0.2, 0.25) is 0 Å². The fraction of sp³-hybridized carbons (Fsp3) is 0.500. The van der Waals surface area contributed by atoms with Gasteiger partial charge in [-0.1, -0.05) is 6.07 Å². The largest absolute Gasteiger partial charge is 0.481 e. The summed E-state index contributed by atoms with van der Waals surface area (Å²) in [5, 5.41) is 12.1. The first-order valence-corrected chi connectivity index (χ1v) is 5.60. The molecule has 1 aromatic heterocycles. The number of pyridine rings is 1. The maximum absolute atomic E-state index is 10.7. The van der Waals surface area contributed by atoms with Crippen LogP contribution in [0.4, 0.5) is 0 Å². The number of carboxylic acids is 1. The van der Waals surface area contributed by atoms with E-state index in [2.05, 4.69) is 10.3 Å². The van der Waals surface area contributed by atoms with Crippen molar-refractivity contribution in [1.82, 2.24) is 10.3 Å². The Hall–Kier alpha value is -1.42. The molecule has 1 aliphatic carbocycles. The molecule has 0 aromatic carbocycles. The number of carbonyl (C=O) groups is 1. The Morgan fingerprint density at radius 2 is 2.44 bits per heavy atom. The van der Waals surface area contributed by atoms with Crippen LogP contribution in [0.25, 0.3) is 0 Å². The summed E-state index contributed by atoms with van der Waals surface area (Å²) in [7, 11) is 0. The van der Waals surface area contributed by atoms with E-state index in [1.54, 1.807) is 12.4 Å². The van der Waals surface area contributed by atoms with Crippen molar-refractivity contribution in [1.29, 1.82) is 0 Å². The van der Waals surface area contributed by atoms with Crippen LogP contribution in [-0.4, -0.2) is 22.1 Å². The highest BCUT2D eigenvalue weighted by Gasteiger charge is 2.32. The molecule has 0 bridgehead atoms. The number of nitrogens with zero attached hydrogens (tertiary/aromatic N) is 1. The standard InChI is InChI=1S/C12H16N2O2/c15-12(16)6-11(10-3-4-10)14-8-9-2-1-5-13-7-9/h1-2,5,7,10-11,14H,3-4,6,8H2,(H,15,16). The Labute approximate surface area is 94.7 Å². The SMILES string of the molecule is O=C(O)CC(NCc1cccnc1)C1CC1. The van der Waals surface area contributed by atoms with Crippen molar-refractivity contribution in [3.63, 3.8) is 0 Å². The topological polar surface area (TPSA) is 62.2 Å². The van der Waals surface area contributed by atoms with E-state index in [-0.39, 0.29) is 12.5 Å². The maximum atomic E-state index is 10.7. The van der Waals surface area contributed by atoms with Crippen LogP contribution in [0.5, 0.6) is 0 Å². The number of nitrogens with one attached hydrogen (secondary N) is 1. The lowest BCUT2D eigenvalue weighted by atomic mass is 10.1. The van der Waals surface area contributed by atoms with Gasteiger partial charge in [0.05, 0.1) is 6.42 Å². The van der Waals surface area contributed by atoms with Gasteiger partial charge in [0.2, 0.25) is 0 Å². The molecule has 2 N–H and O–H groups in total. The number of aromatic nitrogens is 1. The third-order valence-electron chi connectivity index (χ3n) is 2.88. The van der Waals surface area contributed by atoms with Gasteiger partial charge in [-0.15, -0.1) is 0 Å². The van der Waals surface area contributed by atoms with Gasteiger partial charge >= 0.3 is 5.97 Å². The van der Waals surface area contributed by atoms with Crippen molar-refractivity contribution in [2.45, 2.75) is 31.8 Å². The summed E-state index contributed by atoms with van der Waals surface area (Å²) in [4.78, 5) is 14.7. The molecule has 0 saturated heterocycles. The first-order valence-electron chi connectivity index (χ1n) is 5.60. The van der Waals surface area contributed by atoms with Gasteiger partial charge in [0.15, 0.2) is 0 Å². The van der Waals surface area contributed by atoms with Crippen LogP contribution in [0.1, 0.15) is 24.8 Å². The number of rotatable bonds is 6. The maximum Gasteiger partial charge on any atom is 0.304 e. The monoisotopic (exact) mass is 220 g/mol. The van der Waals surface area contributed by atoms with E-state index in [1.807, 2.05) is 12.1 Å². The second kappa shape index (κ2) is 5.07. The van der Waals surface area contributed by atoms with E-state index in [0.29, 0.717) is 12.5 Å². The lowest BCUT2D eigenvalue weighted by molar-refractivity contribution is -0.137. The minimum atomic E-state index is -0.726. The Kier molecular flexibility index (Phi) is 3.51. The molecule has 1 unspecified atom stereocenters. The van der Waals surface area contributed by atoms with Crippen molar-refractivity contribution in [2.75, 3.05) is 0 Å². The van der Waals surface area contributed by atoms with E-state index in [1.165, 1.54) is 0 Å². The highest BCUT2D eigenvalue weighted by atomic mass is 16.4. The van der Waals surface area contributed by atoms with Crippen molar-refractivity contribution in [3.05, 3.63) is 30.1 Å². The van der Waals surface area contributed by atoms with Gasteiger partial charge in [0.25, 0.3) is 0 Å². The average molecular weight is 220 g/mol. The quantitative estimate of drug-likeness (QED) is 0.761. The molecule has 1 aromatic rings. The molecule has 0 spiro atoms. The van der Waals surface area contributed by atoms with Crippen LogP contribution < -0.4 is 5.32 Å². The van der Waals surface area contributed by atoms with E-state index in [4.69, 9.17) is 5.11 Å². The summed E-state index contributed by atoms with van der Waals surface area (Å²) in [5.41, 5.74) is 1.10. The summed E-state index contributed by atoms with van der Waals surface area (Å²) < 4.78 is 0. The van der Waals surface area contributed by atoms with Crippen LogP contribution in [0.15, 0.2) is 24.5 Å². The number of carboxylic acid groups (broad SMARTS) is 1. The Bertz CT molecular complexity index is 349. The zero-order valence-corrected chi connectivity index (χ0v) is 9.10. The molecule has 1 fully saturated rings. The van der Waals surface area contributed by atoms with Crippen molar-refractivity contribution >= 4 is 5.97 Å². The highest BCUT2D eigenvalue weighted by Crippen LogP contribution is 2.34. The van der Waals surface area contributed by atoms with Crippen LogP contribution in [0.3, 0.4) is 0 Å². The van der Waals surface area contributed by atoms with Crippen molar-refractivity contribution in [2.24, 2.45) is 5.92 Å². The summed E-state index contributed by atoms with van der Waals surface area (Å²) in [6, 6.07) is 3.99. The van der Waals surface area contributed by atoms with Crippen LogP contribution in [-0.2, 0) is 11.3 Å². The minimum absolute atomic E-state index is 0.109. The van der Waals surface area contributed by atoms with Gasteiger partial charge in [-0.05, 0) is 30.4 Å². The van der Waals surface area contributed by atoms with Crippen molar-refractivity contribution in [3.8, 4) is 0 Å². The molecule has 0 radical (unpaired) electrons. The molecule has 16 heavy (non-hydrogen) atoms. The molecule has 0 aliphatic heterocycles. The molecule has 1 atom stereocenters. The smallest absolute Gasteiger partial charge is 0.304 e. The molecule has 86 valence electrons. The van der Waals surface area contributed by atoms with E-state index >= 15 is 0 Å². The van der Waals surface area contributed by atoms with E-state index in [0.717, 1.165) is 18.4 Å². The fourth-order valence-electron chi connectivity index (χ4n) is 1.84. The zero-order valence-electron chi connectivity index (χ0n) is 9.10. The Morgan fingerprint density at radius 1 is 1.62 bits per heavy atom. The summed E-state index contributed by atoms with van der Waals surface area (Å²) in [6.45, 7) is 0.697. The van der Waals surface area contributed by atoms with Crippen molar-refractivity contribution < 1.29 is 9.90 Å². The summed E-state index contributed by atoms with van der Waals surface area (Å²) in [5.74, 6) is -0.177. The lowest BCUT2D eigenvalue weighted by Gasteiger charge is -2.15. The summed E-state index contributed by atoms with van der Waals surface area (Å²) in [6.07, 6.45) is 6.05. The molecular formula is C12H16N2O2. The van der Waals surface area contributed by atoms with Crippen LogP contribution in [0, 0.1) is 5.92 Å². The third kappa shape index (κ3) is 3.31. The van der Waals surface area contributed by atoms with Crippen LogP contribution >= 0.6 is 0 Å². The predicted molar refractivity (Wildman–Crippen MR) is 59.8 cm³/mol. The lowest BCUT2D eigenvalue weighted by Crippen LogP contribution is -2.32. The molecular weight excluding hydrogens is 204 g/mol. The molecule has 4 heteroatoms. The molecule has 1 saturated carbocycles. The molecule has 4 nitrogen and oxygen atoms in total. The van der Waals surface area contributed by atoms with E-state index in [9.17, 15) is 4.79 Å². The predicted octanol–water partition coefficient (Wildman–Crippen LogP) is 1.42. The third-order valence-corrected chi connectivity index (χ3v) is 2.88. The Balaban J connectivity index is 1.84. The fourth-order valence-corrected chi connectivity index (χ4v) is 1.84. The van der Waals surface area contributed by atoms with Gasteiger partial charge in [-0.3, -0.25) is 9.78 Å².